The van der Waals surface area contributed by atoms with Crippen molar-refractivity contribution >= 4 is 29.1 Å². The minimum absolute atomic E-state index is 0.0691. The van der Waals surface area contributed by atoms with Crippen molar-refractivity contribution in [3.63, 3.8) is 0 Å². The number of benzene rings is 3. The SMILES string of the molecule is CCOC(=O)C1=C(c2ccccc2)N=c2sc(=Cc3ccccc3O)c(=O)n2C1c1cc(C(C)C)c(OC)cc1C. The standard InChI is InChI=1S/C33H32N2O5S/c1-6-40-32(38)28-29(21-12-8-7-9-13-21)34-33-35(31(37)27(41-33)17-22-14-10-11-15-25(22)36)30(28)24-18-23(19(2)3)26(39-5)16-20(24)4/h7-19,30,36H,6H2,1-5H3. The van der Waals surface area contributed by atoms with E-state index in [4.69, 9.17) is 14.5 Å². The van der Waals surface area contributed by atoms with Crippen molar-refractivity contribution in [1.82, 2.24) is 4.57 Å². The summed E-state index contributed by atoms with van der Waals surface area (Å²) in [6, 6.07) is 19.5. The number of aryl methyl sites for hydroxylation is 1. The number of aromatic hydroxyl groups is 1. The zero-order chi connectivity index (χ0) is 29.3. The van der Waals surface area contributed by atoms with E-state index in [1.807, 2.05) is 49.4 Å². The fourth-order valence-electron chi connectivity index (χ4n) is 5.12. The number of hydrogen-bond donors (Lipinski definition) is 1. The molecule has 1 aromatic heterocycles. The van der Waals surface area contributed by atoms with Crippen molar-refractivity contribution in [3.8, 4) is 11.5 Å². The van der Waals surface area contributed by atoms with Crippen molar-refractivity contribution in [3.05, 3.63) is 120 Å². The van der Waals surface area contributed by atoms with Crippen LogP contribution in [0.1, 0.15) is 60.5 Å². The quantitative estimate of drug-likeness (QED) is 0.314. The Labute approximate surface area is 242 Å². The van der Waals surface area contributed by atoms with Gasteiger partial charge in [-0.1, -0.05) is 73.7 Å². The lowest BCUT2D eigenvalue weighted by atomic mass is 9.87. The average molecular weight is 569 g/mol. The minimum atomic E-state index is -0.796. The molecule has 0 amide bonds. The van der Waals surface area contributed by atoms with Gasteiger partial charge in [-0.05, 0) is 60.7 Å². The van der Waals surface area contributed by atoms with E-state index in [1.165, 1.54) is 11.3 Å². The number of nitrogens with zero attached hydrogens (tertiary/aromatic N) is 2. The number of methoxy groups -OCH3 is 1. The molecular weight excluding hydrogens is 536 g/mol. The smallest absolute Gasteiger partial charge is 0.338 e. The molecule has 41 heavy (non-hydrogen) atoms. The maximum Gasteiger partial charge on any atom is 0.338 e. The second kappa shape index (κ2) is 11.6. The first-order valence-electron chi connectivity index (χ1n) is 13.5. The number of para-hydroxylation sites is 1. The highest BCUT2D eigenvalue weighted by molar-refractivity contribution is 7.07. The van der Waals surface area contributed by atoms with Gasteiger partial charge in [0.25, 0.3) is 5.56 Å². The van der Waals surface area contributed by atoms with Gasteiger partial charge in [-0.2, -0.15) is 0 Å². The third kappa shape index (κ3) is 5.23. The average Bonchev–Trinajstić information content (AvgIpc) is 3.28. The summed E-state index contributed by atoms with van der Waals surface area (Å²) in [5.74, 6) is 0.416. The molecule has 0 spiro atoms. The molecule has 1 atom stereocenters. The van der Waals surface area contributed by atoms with Crippen LogP contribution < -0.4 is 19.6 Å². The van der Waals surface area contributed by atoms with Crippen molar-refractivity contribution in [2.75, 3.05) is 13.7 Å². The van der Waals surface area contributed by atoms with E-state index in [1.54, 1.807) is 48.9 Å². The second-order valence-electron chi connectivity index (χ2n) is 10.1. The van der Waals surface area contributed by atoms with Crippen molar-refractivity contribution < 1.29 is 19.4 Å². The van der Waals surface area contributed by atoms with Crippen LogP contribution in [0, 0.1) is 6.92 Å². The summed E-state index contributed by atoms with van der Waals surface area (Å²) in [7, 11) is 1.64. The normalized spacial score (nSPS) is 15.1. The molecule has 4 aromatic rings. The van der Waals surface area contributed by atoms with E-state index < -0.39 is 12.0 Å². The summed E-state index contributed by atoms with van der Waals surface area (Å²) in [5, 5.41) is 10.4. The number of esters is 1. The molecule has 2 heterocycles. The number of hydrogen-bond acceptors (Lipinski definition) is 7. The Bertz CT molecular complexity index is 1830. The number of carbonyl (C=O) groups excluding carboxylic acids is 1. The highest BCUT2D eigenvalue weighted by atomic mass is 32.1. The van der Waals surface area contributed by atoms with Crippen LogP contribution in [0.5, 0.6) is 11.5 Å². The van der Waals surface area contributed by atoms with Gasteiger partial charge in [-0.15, -0.1) is 0 Å². The fourth-order valence-corrected chi connectivity index (χ4v) is 6.12. The van der Waals surface area contributed by atoms with E-state index >= 15 is 0 Å². The molecule has 0 fully saturated rings. The molecular formula is C33H32N2O5S. The van der Waals surface area contributed by atoms with Gasteiger partial charge >= 0.3 is 5.97 Å². The van der Waals surface area contributed by atoms with E-state index in [0.717, 1.165) is 28.0 Å². The van der Waals surface area contributed by atoms with Crippen LogP contribution in [0.3, 0.4) is 0 Å². The molecule has 5 rings (SSSR count). The molecule has 0 aliphatic carbocycles. The molecule has 0 bridgehead atoms. The van der Waals surface area contributed by atoms with Crippen LogP contribution in [0.4, 0.5) is 0 Å². The van der Waals surface area contributed by atoms with E-state index in [-0.39, 0.29) is 23.8 Å². The molecule has 1 unspecified atom stereocenters. The summed E-state index contributed by atoms with van der Waals surface area (Å²) < 4.78 is 13.2. The molecule has 1 N–H and O–H groups in total. The Kier molecular flexibility index (Phi) is 7.94. The minimum Gasteiger partial charge on any atom is -0.507 e. The summed E-state index contributed by atoms with van der Waals surface area (Å²) in [6.45, 7) is 8.03. The van der Waals surface area contributed by atoms with Gasteiger partial charge in [0.2, 0.25) is 0 Å². The lowest BCUT2D eigenvalue weighted by molar-refractivity contribution is -0.138. The van der Waals surface area contributed by atoms with Crippen LogP contribution in [0.2, 0.25) is 0 Å². The molecule has 0 radical (unpaired) electrons. The number of thiazole rings is 1. The van der Waals surface area contributed by atoms with Crippen LogP contribution in [-0.2, 0) is 9.53 Å². The first kappa shape index (κ1) is 28.1. The number of rotatable bonds is 7. The molecule has 8 heteroatoms. The molecule has 1 aliphatic heterocycles. The van der Waals surface area contributed by atoms with Crippen molar-refractivity contribution in [2.45, 2.75) is 39.7 Å². The Hall–Kier alpha value is -4.43. The maximum absolute atomic E-state index is 14.1. The topological polar surface area (TPSA) is 90.1 Å². The number of ether oxygens (including phenoxy) is 2. The van der Waals surface area contributed by atoms with Crippen LogP contribution in [0.15, 0.2) is 82.1 Å². The lowest BCUT2D eigenvalue weighted by Crippen LogP contribution is -2.40. The number of fused-ring (bicyclic) bond motifs is 1. The first-order valence-corrected chi connectivity index (χ1v) is 14.3. The maximum atomic E-state index is 14.1. The van der Waals surface area contributed by atoms with E-state index in [9.17, 15) is 14.7 Å². The highest BCUT2D eigenvalue weighted by Crippen LogP contribution is 2.39. The van der Waals surface area contributed by atoms with Gasteiger partial charge in [-0.3, -0.25) is 9.36 Å². The summed E-state index contributed by atoms with van der Waals surface area (Å²) in [4.78, 5) is 33.3. The summed E-state index contributed by atoms with van der Waals surface area (Å²) >= 11 is 1.22. The summed E-state index contributed by atoms with van der Waals surface area (Å²) in [5.41, 5.74) is 4.33. The number of phenolic OH excluding ortho intramolecular Hbond substituents is 1. The van der Waals surface area contributed by atoms with Crippen LogP contribution >= 0.6 is 11.3 Å². The lowest BCUT2D eigenvalue weighted by Gasteiger charge is -2.28. The number of aromatic nitrogens is 1. The zero-order valence-corrected chi connectivity index (χ0v) is 24.5. The van der Waals surface area contributed by atoms with E-state index in [0.29, 0.717) is 26.2 Å². The third-order valence-corrected chi connectivity index (χ3v) is 8.11. The molecule has 7 nitrogen and oxygen atoms in total. The van der Waals surface area contributed by atoms with Gasteiger partial charge in [0.15, 0.2) is 4.80 Å². The first-order chi connectivity index (χ1) is 19.7. The number of carbonyl (C=O) groups is 1. The third-order valence-electron chi connectivity index (χ3n) is 7.13. The van der Waals surface area contributed by atoms with Crippen molar-refractivity contribution in [2.24, 2.45) is 4.99 Å². The highest BCUT2D eigenvalue weighted by Gasteiger charge is 2.36. The fraction of sp³-hybridized carbons (Fsp3) is 0.242. The van der Waals surface area contributed by atoms with Gasteiger partial charge in [-0.25, -0.2) is 9.79 Å². The Morgan fingerprint density at radius 2 is 1.83 bits per heavy atom. The zero-order valence-electron chi connectivity index (χ0n) is 23.7. The molecule has 0 saturated carbocycles. The van der Waals surface area contributed by atoms with Gasteiger partial charge in [0, 0.05) is 11.1 Å². The molecule has 210 valence electrons. The van der Waals surface area contributed by atoms with Crippen molar-refractivity contribution in [1.29, 1.82) is 0 Å². The van der Waals surface area contributed by atoms with Crippen LogP contribution in [0.25, 0.3) is 11.8 Å². The molecule has 1 aliphatic rings. The Balaban J connectivity index is 1.90. The van der Waals surface area contributed by atoms with Gasteiger partial charge in [0.05, 0.1) is 35.6 Å². The number of phenols is 1. The Morgan fingerprint density at radius 3 is 2.49 bits per heavy atom. The largest absolute Gasteiger partial charge is 0.507 e. The van der Waals surface area contributed by atoms with Gasteiger partial charge in [0.1, 0.15) is 11.5 Å². The molecule has 3 aromatic carbocycles. The summed E-state index contributed by atoms with van der Waals surface area (Å²) in [6.07, 6.45) is 1.66. The second-order valence-corrected chi connectivity index (χ2v) is 11.1. The van der Waals surface area contributed by atoms with Gasteiger partial charge < -0.3 is 14.6 Å². The molecule has 0 saturated heterocycles. The Morgan fingerprint density at radius 1 is 1.12 bits per heavy atom. The predicted molar refractivity (Wildman–Crippen MR) is 161 cm³/mol. The van der Waals surface area contributed by atoms with Crippen LogP contribution in [-0.4, -0.2) is 29.4 Å². The monoisotopic (exact) mass is 568 g/mol. The van der Waals surface area contributed by atoms with E-state index in [2.05, 4.69) is 13.8 Å². The predicted octanol–water partition coefficient (Wildman–Crippen LogP) is 5.08.